The van der Waals surface area contributed by atoms with E-state index in [1.165, 1.54) is 0 Å². The molecular weight excluding hydrogens is 450 g/mol. The molecule has 0 atom stereocenters. The van der Waals surface area contributed by atoms with Crippen LogP contribution in [0.5, 0.6) is 0 Å². The van der Waals surface area contributed by atoms with Gasteiger partial charge in [0.1, 0.15) is 6.54 Å². The zero-order valence-electron chi connectivity index (χ0n) is 19.2. The number of hydrogen-bond donors (Lipinski definition) is 2. The Morgan fingerprint density at radius 1 is 0.912 bits per heavy atom. The molecule has 34 heavy (non-hydrogen) atoms. The first-order chi connectivity index (χ1) is 16.4. The van der Waals surface area contributed by atoms with Crippen molar-refractivity contribution in [1.29, 1.82) is 0 Å². The van der Waals surface area contributed by atoms with Gasteiger partial charge in [-0.05, 0) is 48.7 Å². The van der Waals surface area contributed by atoms with Gasteiger partial charge in [-0.3, -0.25) is 13.9 Å². The van der Waals surface area contributed by atoms with E-state index in [0.717, 1.165) is 28.3 Å². The largest absolute Gasteiger partial charge is 0.352 e. The van der Waals surface area contributed by atoms with E-state index in [2.05, 4.69) is 10.6 Å². The minimum atomic E-state index is -3.95. The third kappa shape index (κ3) is 4.41. The molecule has 8 heteroatoms. The van der Waals surface area contributed by atoms with Gasteiger partial charge in [0.2, 0.25) is 5.91 Å². The smallest absolute Gasteiger partial charge is 0.265 e. The Morgan fingerprint density at radius 2 is 1.65 bits per heavy atom. The van der Waals surface area contributed by atoms with E-state index in [-0.39, 0.29) is 10.8 Å². The van der Waals surface area contributed by atoms with Crippen LogP contribution in [0.4, 0.5) is 11.4 Å². The van der Waals surface area contributed by atoms with E-state index in [1.54, 1.807) is 54.6 Å². The summed E-state index contributed by atoms with van der Waals surface area (Å²) in [6.45, 7) is 4.09. The Labute approximate surface area is 199 Å². The molecule has 4 rings (SSSR count). The molecule has 0 aliphatic carbocycles. The second kappa shape index (κ2) is 9.69. The molecule has 0 saturated heterocycles. The van der Waals surface area contributed by atoms with Crippen molar-refractivity contribution in [2.45, 2.75) is 31.6 Å². The highest BCUT2D eigenvalue weighted by Crippen LogP contribution is 2.43. The molecule has 3 aromatic carbocycles. The van der Waals surface area contributed by atoms with Crippen LogP contribution in [0.1, 0.15) is 36.2 Å². The van der Waals surface area contributed by atoms with Crippen LogP contribution in [0.3, 0.4) is 0 Å². The molecule has 0 bridgehead atoms. The number of nitrogens with zero attached hydrogens (tertiary/aromatic N) is 1. The molecule has 1 aliphatic heterocycles. The van der Waals surface area contributed by atoms with E-state index in [0.29, 0.717) is 29.0 Å². The SMILES string of the molecule is CCCNC(=O)c1ccccc1NC(=O)CN1c2ccc(CC)cc2-c2ccccc2S1(=O)=O. The summed E-state index contributed by atoms with van der Waals surface area (Å²) in [5, 5.41) is 5.52. The Morgan fingerprint density at radius 3 is 2.41 bits per heavy atom. The monoisotopic (exact) mass is 477 g/mol. The Hall–Kier alpha value is -3.65. The number of aryl methyl sites for hydroxylation is 1. The second-order valence-electron chi connectivity index (χ2n) is 8.06. The van der Waals surface area contributed by atoms with Crippen LogP contribution < -0.4 is 14.9 Å². The molecular formula is C26H27N3O4S. The van der Waals surface area contributed by atoms with E-state index in [4.69, 9.17) is 0 Å². The molecule has 0 radical (unpaired) electrons. The highest BCUT2D eigenvalue weighted by molar-refractivity contribution is 7.93. The summed E-state index contributed by atoms with van der Waals surface area (Å²) in [5.74, 6) is -0.834. The molecule has 176 valence electrons. The van der Waals surface area contributed by atoms with Gasteiger partial charge in [-0.2, -0.15) is 0 Å². The van der Waals surface area contributed by atoms with Crippen LogP contribution >= 0.6 is 0 Å². The number of anilines is 2. The second-order valence-corrected chi connectivity index (χ2v) is 9.89. The van der Waals surface area contributed by atoms with Crippen LogP contribution in [0.25, 0.3) is 11.1 Å². The first kappa shape index (κ1) is 23.5. The van der Waals surface area contributed by atoms with Crippen molar-refractivity contribution >= 4 is 33.2 Å². The molecule has 0 aromatic heterocycles. The van der Waals surface area contributed by atoms with Gasteiger partial charge in [0.25, 0.3) is 15.9 Å². The van der Waals surface area contributed by atoms with E-state index >= 15 is 0 Å². The third-order valence-corrected chi connectivity index (χ3v) is 7.57. The molecule has 0 unspecified atom stereocenters. The van der Waals surface area contributed by atoms with E-state index in [1.807, 2.05) is 26.0 Å². The van der Waals surface area contributed by atoms with Crippen LogP contribution in [-0.4, -0.2) is 33.3 Å². The standard InChI is InChI=1S/C26H27N3O4S/c1-3-15-27-26(31)20-10-5-7-11-22(20)28-25(30)17-29-23-14-13-18(4-2)16-21(23)19-9-6-8-12-24(19)34(29,32)33/h5-14,16H,3-4,15,17H2,1-2H3,(H,27,31)(H,28,30). The highest BCUT2D eigenvalue weighted by atomic mass is 32.2. The lowest BCUT2D eigenvalue weighted by atomic mass is 9.99. The van der Waals surface area contributed by atoms with Gasteiger partial charge in [0.05, 0.1) is 21.8 Å². The summed E-state index contributed by atoms with van der Waals surface area (Å²) < 4.78 is 28.1. The lowest BCUT2D eigenvalue weighted by Crippen LogP contribution is -2.40. The lowest BCUT2D eigenvalue weighted by Gasteiger charge is -2.32. The Kier molecular flexibility index (Phi) is 6.70. The average molecular weight is 478 g/mol. The number of carbonyl (C=O) groups is 2. The van der Waals surface area contributed by atoms with Crippen molar-refractivity contribution in [2.24, 2.45) is 0 Å². The number of rotatable bonds is 7. The third-order valence-electron chi connectivity index (χ3n) is 5.75. The number of fused-ring (bicyclic) bond motifs is 3. The molecule has 2 N–H and O–H groups in total. The van der Waals surface area contributed by atoms with E-state index < -0.39 is 22.5 Å². The van der Waals surface area contributed by atoms with Gasteiger partial charge < -0.3 is 10.6 Å². The minimum absolute atomic E-state index is 0.169. The van der Waals surface area contributed by atoms with Crippen molar-refractivity contribution < 1.29 is 18.0 Å². The number of para-hydroxylation sites is 1. The van der Waals surface area contributed by atoms with Crippen molar-refractivity contribution in [3.05, 3.63) is 77.9 Å². The molecule has 0 saturated carbocycles. The molecule has 1 aliphatic rings. The van der Waals surface area contributed by atoms with Gasteiger partial charge in [-0.15, -0.1) is 0 Å². The maximum atomic E-state index is 13.5. The number of carbonyl (C=O) groups excluding carboxylic acids is 2. The first-order valence-corrected chi connectivity index (χ1v) is 12.7. The first-order valence-electron chi connectivity index (χ1n) is 11.3. The van der Waals surface area contributed by atoms with Crippen LogP contribution in [0.2, 0.25) is 0 Å². The fraction of sp³-hybridized carbons (Fsp3) is 0.231. The van der Waals surface area contributed by atoms with Crippen molar-refractivity contribution in [3.8, 4) is 11.1 Å². The molecule has 0 fully saturated rings. The van der Waals surface area contributed by atoms with Gasteiger partial charge in [-0.1, -0.05) is 50.2 Å². The summed E-state index contributed by atoms with van der Waals surface area (Å²) in [6, 6.07) is 19.1. The quantitative estimate of drug-likeness (QED) is 0.533. The maximum absolute atomic E-state index is 13.5. The number of hydrogen-bond acceptors (Lipinski definition) is 4. The Bertz CT molecular complexity index is 1350. The predicted octanol–water partition coefficient (Wildman–Crippen LogP) is 4.20. The lowest BCUT2D eigenvalue weighted by molar-refractivity contribution is -0.114. The average Bonchev–Trinajstić information content (AvgIpc) is 2.85. The predicted molar refractivity (Wildman–Crippen MR) is 133 cm³/mol. The number of amides is 2. The normalized spacial score (nSPS) is 13.5. The molecule has 3 aromatic rings. The van der Waals surface area contributed by atoms with Crippen LogP contribution in [0, 0.1) is 0 Å². The summed E-state index contributed by atoms with van der Waals surface area (Å²) in [6.07, 6.45) is 1.59. The Balaban J connectivity index is 1.66. The van der Waals surface area contributed by atoms with Gasteiger partial charge in [0, 0.05) is 17.7 Å². The fourth-order valence-electron chi connectivity index (χ4n) is 4.01. The van der Waals surface area contributed by atoms with Crippen LogP contribution in [0.15, 0.2) is 71.6 Å². The minimum Gasteiger partial charge on any atom is -0.352 e. The summed E-state index contributed by atoms with van der Waals surface area (Å²) in [7, 11) is -3.95. The number of nitrogens with one attached hydrogen (secondary N) is 2. The zero-order valence-corrected chi connectivity index (χ0v) is 20.0. The highest BCUT2D eigenvalue weighted by Gasteiger charge is 2.36. The zero-order chi connectivity index (χ0) is 24.3. The summed E-state index contributed by atoms with van der Waals surface area (Å²) in [4.78, 5) is 25.7. The van der Waals surface area contributed by atoms with E-state index in [9.17, 15) is 18.0 Å². The molecule has 2 amide bonds. The number of benzene rings is 3. The molecule has 0 spiro atoms. The van der Waals surface area contributed by atoms with Crippen molar-refractivity contribution in [2.75, 3.05) is 22.7 Å². The van der Waals surface area contributed by atoms with Gasteiger partial charge in [-0.25, -0.2) is 8.42 Å². The molecule has 1 heterocycles. The topological polar surface area (TPSA) is 95.6 Å². The fourth-order valence-corrected chi connectivity index (χ4v) is 5.66. The maximum Gasteiger partial charge on any atom is 0.265 e. The molecule has 7 nitrogen and oxygen atoms in total. The van der Waals surface area contributed by atoms with Gasteiger partial charge in [0.15, 0.2) is 0 Å². The van der Waals surface area contributed by atoms with Crippen LogP contribution in [-0.2, 0) is 21.2 Å². The summed E-state index contributed by atoms with van der Waals surface area (Å²) >= 11 is 0. The number of sulfonamides is 1. The van der Waals surface area contributed by atoms with Gasteiger partial charge >= 0.3 is 0 Å². The summed E-state index contributed by atoms with van der Waals surface area (Å²) in [5.41, 5.74) is 3.59. The van der Waals surface area contributed by atoms with Crippen molar-refractivity contribution in [3.63, 3.8) is 0 Å². The van der Waals surface area contributed by atoms with Crippen molar-refractivity contribution in [1.82, 2.24) is 5.32 Å².